The van der Waals surface area contributed by atoms with Crippen molar-refractivity contribution >= 4 is 44.5 Å². The molecule has 2 heterocycles. The standard InChI is InChI=1S/C21H21N2S.C7H8O3S/c1-3-22-14-13-16(17-9-5-6-10-18(17)22)15-21-23(4-2)19-11-7-8-12-20(19)24-21;1-6-2-4-7(5-3-6)11(8,9)10/h5-15H,3-4H2,1-2H3;2-5H,1H3,(H,8,9,10)/q+1;/p-1. The van der Waals surface area contributed by atoms with E-state index in [1.54, 1.807) is 12.1 Å². The molecule has 5 nitrogen and oxygen atoms in total. The molecule has 0 radical (unpaired) electrons. The Morgan fingerprint density at radius 2 is 1.63 bits per heavy atom. The molecule has 0 saturated heterocycles. The van der Waals surface area contributed by atoms with Crippen LogP contribution in [0, 0.1) is 6.92 Å². The maximum atomic E-state index is 10.4. The zero-order valence-electron chi connectivity index (χ0n) is 20.0. The highest BCUT2D eigenvalue weighted by atomic mass is 32.2. The Morgan fingerprint density at radius 1 is 0.943 bits per heavy atom. The highest BCUT2D eigenvalue weighted by Gasteiger charge is 2.23. The summed E-state index contributed by atoms with van der Waals surface area (Å²) in [6.45, 7) is 8.19. The molecule has 0 spiro atoms. The van der Waals surface area contributed by atoms with Crippen LogP contribution < -0.4 is 9.47 Å². The van der Waals surface area contributed by atoms with Gasteiger partial charge in [0.25, 0.3) is 0 Å². The molecular weight excluding hydrogens is 476 g/mol. The van der Waals surface area contributed by atoms with Crippen LogP contribution in [-0.4, -0.2) is 19.5 Å². The molecule has 3 aromatic carbocycles. The first-order chi connectivity index (χ1) is 16.8. The van der Waals surface area contributed by atoms with Gasteiger partial charge in [0.15, 0.2) is 6.20 Å². The quantitative estimate of drug-likeness (QED) is 0.253. The average Bonchev–Trinajstić information content (AvgIpc) is 3.21. The number of anilines is 1. The van der Waals surface area contributed by atoms with Gasteiger partial charge in [0, 0.05) is 23.6 Å². The molecule has 1 aliphatic rings. The zero-order chi connectivity index (χ0) is 25.0. The van der Waals surface area contributed by atoms with Gasteiger partial charge in [-0.3, -0.25) is 0 Å². The molecule has 4 aromatic rings. The molecule has 5 rings (SSSR count). The van der Waals surface area contributed by atoms with Gasteiger partial charge in [-0.2, -0.15) is 4.57 Å². The molecule has 0 bridgehead atoms. The van der Waals surface area contributed by atoms with Crippen molar-refractivity contribution in [3.8, 4) is 0 Å². The van der Waals surface area contributed by atoms with Crippen molar-refractivity contribution in [1.82, 2.24) is 0 Å². The predicted octanol–water partition coefficient (Wildman–Crippen LogP) is 5.98. The molecule has 0 N–H and O–H groups in total. The van der Waals surface area contributed by atoms with Gasteiger partial charge in [-0.15, -0.1) is 0 Å². The lowest BCUT2D eigenvalue weighted by Crippen LogP contribution is -2.32. The first-order valence-electron chi connectivity index (χ1n) is 11.5. The number of hydrogen-bond donors (Lipinski definition) is 0. The summed E-state index contributed by atoms with van der Waals surface area (Å²) in [5, 5.41) is 2.61. The minimum atomic E-state index is -4.27. The number of rotatable bonds is 4. The number of fused-ring (bicyclic) bond motifs is 2. The Balaban J connectivity index is 0.000000221. The van der Waals surface area contributed by atoms with E-state index in [2.05, 4.69) is 90.2 Å². The summed E-state index contributed by atoms with van der Waals surface area (Å²) < 4.78 is 33.5. The van der Waals surface area contributed by atoms with Gasteiger partial charge < -0.3 is 9.45 Å². The van der Waals surface area contributed by atoms with Crippen LogP contribution in [0.15, 0.2) is 99.9 Å². The third-order valence-corrected chi connectivity index (χ3v) is 7.80. The molecule has 7 heteroatoms. The number of para-hydroxylation sites is 2. The summed E-state index contributed by atoms with van der Waals surface area (Å²) in [5.41, 5.74) is 4.82. The van der Waals surface area contributed by atoms with E-state index >= 15 is 0 Å². The van der Waals surface area contributed by atoms with E-state index in [1.165, 1.54) is 44.2 Å². The van der Waals surface area contributed by atoms with Gasteiger partial charge in [-0.05, 0) is 62.7 Å². The maximum Gasteiger partial charge on any atom is 0.213 e. The molecule has 1 aliphatic heterocycles. The highest BCUT2D eigenvalue weighted by Crippen LogP contribution is 2.46. The fraction of sp³-hybridized carbons (Fsp3) is 0.179. The lowest BCUT2D eigenvalue weighted by Gasteiger charge is -2.18. The fourth-order valence-electron chi connectivity index (χ4n) is 4.03. The number of pyridine rings is 1. The summed E-state index contributed by atoms with van der Waals surface area (Å²) in [6, 6.07) is 25.3. The zero-order valence-corrected chi connectivity index (χ0v) is 21.6. The van der Waals surface area contributed by atoms with Crippen molar-refractivity contribution in [2.45, 2.75) is 37.1 Å². The number of thioether (sulfide) groups is 1. The van der Waals surface area contributed by atoms with Crippen LogP contribution in [0.1, 0.15) is 25.0 Å². The summed E-state index contributed by atoms with van der Waals surface area (Å²) in [4.78, 5) is 3.56. The summed E-state index contributed by atoms with van der Waals surface area (Å²) in [6.07, 6.45) is 4.52. The second kappa shape index (κ2) is 10.6. The Hall–Kier alpha value is -3.13. The van der Waals surface area contributed by atoms with Crippen LogP contribution in [-0.2, 0) is 16.7 Å². The summed E-state index contributed by atoms with van der Waals surface area (Å²) >= 11 is 1.86. The molecule has 1 aromatic heterocycles. The minimum absolute atomic E-state index is 0.178. The van der Waals surface area contributed by atoms with E-state index in [0.29, 0.717) is 0 Å². The third-order valence-electron chi connectivity index (χ3n) is 5.84. The SMILES string of the molecule is CCN1/C(=C/c2cc[n+](CC)c3ccccc23)Sc2ccccc21.Cc1ccc(S(=O)(=O)[O-])cc1. The fourth-order valence-corrected chi connectivity index (χ4v) is 5.68. The highest BCUT2D eigenvalue weighted by molar-refractivity contribution is 8.03. The van der Waals surface area contributed by atoms with E-state index in [-0.39, 0.29) is 4.90 Å². The van der Waals surface area contributed by atoms with Crippen molar-refractivity contribution in [1.29, 1.82) is 0 Å². The molecule has 0 atom stereocenters. The first kappa shape index (κ1) is 25.0. The first-order valence-corrected chi connectivity index (χ1v) is 13.7. The Bertz CT molecular complexity index is 1480. The van der Waals surface area contributed by atoms with E-state index < -0.39 is 10.1 Å². The van der Waals surface area contributed by atoms with Crippen LogP contribution in [0.5, 0.6) is 0 Å². The number of nitrogens with zero attached hydrogens (tertiary/aromatic N) is 2. The number of aromatic nitrogens is 1. The lowest BCUT2D eigenvalue weighted by molar-refractivity contribution is -0.667. The van der Waals surface area contributed by atoms with Crippen LogP contribution in [0.4, 0.5) is 5.69 Å². The molecule has 0 fully saturated rings. The molecule has 0 aliphatic carbocycles. The molecular formula is C28H28N2O3S2. The lowest BCUT2D eigenvalue weighted by atomic mass is 10.1. The van der Waals surface area contributed by atoms with Crippen molar-refractivity contribution in [2.24, 2.45) is 0 Å². The molecule has 180 valence electrons. The van der Waals surface area contributed by atoms with Crippen molar-refractivity contribution in [3.63, 3.8) is 0 Å². The Labute approximate surface area is 211 Å². The number of benzene rings is 3. The van der Waals surface area contributed by atoms with Gasteiger partial charge in [0.2, 0.25) is 5.52 Å². The van der Waals surface area contributed by atoms with Crippen molar-refractivity contribution < 1.29 is 17.5 Å². The van der Waals surface area contributed by atoms with E-state index in [1.807, 2.05) is 18.7 Å². The maximum absolute atomic E-state index is 10.4. The van der Waals surface area contributed by atoms with E-state index in [9.17, 15) is 13.0 Å². The van der Waals surface area contributed by atoms with Crippen LogP contribution in [0.25, 0.3) is 17.0 Å². The molecule has 0 unspecified atom stereocenters. The molecule has 0 saturated carbocycles. The van der Waals surface area contributed by atoms with Gasteiger partial charge in [-0.25, -0.2) is 8.42 Å². The summed E-state index contributed by atoms with van der Waals surface area (Å²) in [7, 11) is -4.27. The van der Waals surface area contributed by atoms with Gasteiger partial charge >= 0.3 is 0 Å². The topological polar surface area (TPSA) is 64.3 Å². The number of aryl methyl sites for hydroxylation is 2. The largest absolute Gasteiger partial charge is 0.744 e. The van der Waals surface area contributed by atoms with Crippen molar-refractivity contribution in [2.75, 3.05) is 11.4 Å². The summed E-state index contributed by atoms with van der Waals surface area (Å²) in [5.74, 6) is 0. The van der Waals surface area contributed by atoms with Crippen LogP contribution in [0.3, 0.4) is 0 Å². The monoisotopic (exact) mass is 504 g/mol. The number of hydrogen-bond acceptors (Lipinski definition) is 5. The van der Waals surface area contributed by atoms with E-state index in [4.69, 9.17) is 0 Å². The van der Waals surface area contributed by atoms with Gasteiger partial charge in [-0.1, -0.05) is 53.7 Å². The second-order valence-electron chi connectivity index (χ2n) is 8.14. The van der Waals surface area contributed by atoms with Crippen molar-refractivity contribution in [3.05, 3.63) is 101 Å². The van der Waals surface area contributed by atoms with Crippen LogP contribution in [0.2, 0.25) is 0 Å². The third kappa shape index (κ3) is 5.59. The van der Waals surface area contributed by atoms with E-state index in [0.717, 1.165) is 18.7 Å². The average molecular weight is 505 g/mol. The molecule has 35 heavy (non-hydrogen) atoms. The normalized spacial score (nSPS) is 14.1. The minimum Gasteiger partial charge on any atom is -0.744 e. The Kier molecular flexibility index (Phi) is 7.60. The molecule has 0 amide bonds. The predicted molar refractivity (Wildman–Crippen MR) is 142 cm³/mol. The van der Waals surface area contributed by atoms with Crippen LogP contribution >= 0.6 is 11.8 Å². The second-order valence-corrected chi connectivity index (χ2v) is 10.6. The van der Waals surface area contributed by atoms with Gasteiger partial charge in [0.1, 0.15) is 16.7 Å². The smallest absolute Gasteiger partial charge is 0.213 e. The van der Waals surface area contributed by atoms with Gasteiger partial charge in [0.05, 0.1) is 21.0 Å². The Morgan fingerprint density at radius 3 is 2.31 bits per heavy atom.